The molecule has 2 aromatic heterocycles. The molecule has 0 fully saturated rings. The van der Waals surface area contributed by atoms with Gasteiger partial charge in [0.05, 0.1) is 18.5 Å². The Bertz CT molecular complexity index is 425. The number of pyridine rings is 1. The summed E-state index contributed by atoms with van der Waals surface area (Å²) in [5.74, 6) is 0.677. The van der Waals surface area contributed by atoms with Gasteiger partial charge >= 0.3 is 0 Å². The first-order valence-corrected chi connectivity index (χ1v) is 6.66. The molecule has 0 unspecified atom stereocenters. The van der Waals surface area contributed by atoms with E-state index in [0.717, 1.165) is 18.7 Å². The predicted octanol–water partition coefficient (Wildman–Crippen LogP) is 3.20. The standard InChI is InChI=1S/C13H16N2OS/c1-2-16-13-4-3-12(9-15-13)14-7-5-11-6-8-17-10-11/h3-4,6,8-10,14H,2,5,7H2,1H3. The fourth-order valence-corrected chi connectivity index (χ4v) is 2.21. The van der Waals surface area contributed by atoms with E-state index in [1.807, 2.05) is 19.1 Å². The SMILES string of the molecule is CCOc1ccc(NCCc2ccsc2)cn1. The third kappa shape index (κ3) is 3.75. The number of rotatable bonds is 6. The van der Waals surface area contributed by atoms with Crippen molar-refractivity contribution in [2.45, 2.75) is 13.3 Å². The lowest BCUT2D eigenvalue weighted by atomic mass is 10.2. The highest BCUT2D eigenvalue weighted by Crippen LogP contribution is 2.12. The first-order valence-electron chi connectivity index (χ1n) is 5.72. The molecule has 1 N–H and O–H groups in total. The highest BCUT2D eigenvalue weighted by atomic mass is 32.1. The maximum Gasteiger partial charge on any atom is 0.213 e. The number of hydrogen-bond acceptors (Lipinski definition) is 4. The maximum atomic E-state index is 5.29. The zero-order valence-electron chi connectivity index (χ0n) is 9.85. The van der Waals surface area contributed by atoms with Gasteiger partial charge in [0.2, 0.25) is 5.88 Å². The van der Waals surface area contributed by atoms with Crippen molar-refractivity contribution in [1.29, 1.82) is 0 Å². The lowest BCUT2D eigenvalue weighted by Gasteiger charge is -2.06. The van der Waals surface area contributed by atoms with Crippen molar-refractivity contribution in [1.82, 2.24) is 4.98 Å². The molecule has 2 heterocycles. The summed E-state index contributed by atoms with van der Waals surface area (Å²) < 4.78 is 5.29. The maximum absolute atomic E-state index is 5.29. The number of aromatic nitrogens is 1. The van der Waals surface area contributed by atoms with E-state index in [0.29, 0.717) is 12.5 Å². The van der Waals surface area contributed by atoms with Gasteiger partial charge in [0.1, 0.15) is 0 Å². The molecule has 3 nitrogen and oxygen atoms in total. The first-order chi connectivity index (χ1) is 8.38. The van der Waals surface area contributed by atoms with Crippen LogP contribution in [-0.4, -0.2) is 18.1 Å². The van der Waals surface area contributed by atoms with Crippen LogP contribution in [0.3, 0.4) is 0 Å². The Kier molecular flexibility index (Phi) is 4.38. The molecule has 0 aliphatic rings. The van der Waals surface area contributed by atoms with Crippen LogP contribution in [0.2, 0.25) is 0 Å². The molecule has 0 aliphatic carbocycles. The third-order valence-corrected chi connectivity index (χ3v) is 3.08. The normalized spacial score (nSPS) is 10.2. The van der Waals surface area contributed by atoms with Gasteiger partial charge in [-0.1, -0.05) is 0 Å². The van der Waals surface area contributed by atoms with Crippen LogP contribution in [0.4, 0.5) is 5.69 Å². The molecular formula is C13H16N2OS. The van der Waals surface area contributed by atoms with E-state index in [-0.39, 0.29) is 0 Å². The Morgan fingerprint density at radius 1 is 1.35 bits per heavy atom. The summed E-state index contributed by atoms with van der Waals surface area (Å²) in [4.78, 5) is 4.20. The molecule has 2 rings (SSSR count). The number of thiophene rings is 1. The van der Waals surface area contributed by atoms with Crippen LogP contribution < -0.4 is 10.1 Å². The zero-order chi connectivity index (χ0) is 11.9. The van der Waals surface area contributed by atoms with E-state index >= 15 is 0 Å². The lowest BCUT2D eigenvalue weighted by molar-refractivity contribution is 0.327. The zero-order valence-corrected chi connectivity index (χ0v) is 10.7. The van der Waals surface area contributed by atoms with E-state index < -0.39 is 0 Å². The average Bonchev–Trinajstić information content (AvgIpc) is 2.85. The third-order valence-electron chi connectivity index (χ3n) is 2.35. The molecule has 0 spiro atoms. The van der Waals surface area contributed by atoms with Crippen molar-refractivity contribution in [3.8, 4) is 5.88 Å². The van der Waals surface area contributed by atoms with Crippen molar-refractivity contribution in [3.05, 3.63) is 40.7 Å². The molecule has 0 saturated heterocycles. The minimum atomic E-state index is 0.651. The molecule has 90 valence electrons. The van der Waals surface area contributed by atoms with E-state index in [2.05, 4.69) is 27.1 Å². The summed E-state index contributed by atoms with van der Waals surface area (Å²) >= 11 is 1.74. The number of anilines is 1. The molecular weight excluding hydrogens is 232 g/mol. The summed E-state index contributed by atoms with van der Waals surface area (Å²) in [7, 11) is 0. The van der Waals surface area contributed by atoms with Gasteiger partial charge < -0.3 is 10.1 Å². The quantitative estimate of drug-likeness (QED) is 0.852. The number of nitrogens with one attached hydrogen (secondary N) is 1. The molecule has 0 radical (unpaired) electrons. The molecule has 0 aliphatic heterocycles. The molecule has 2 aromatic rings. The van der Waals surface area contributed by atoms with Crippen LogP contribution in [0.25, 0.3) is 0 Å². The van der Waals surface area contributed by atoms with Crippen LogP contribution in [0.15, 0.2) is 35.2 Å². The van der Waals surface area contributed by atoms with E-state index in [4.69, 9.17) is 4.74 Å². The Labute approximate surface area is 105 Å². The largest absolute Gasteiger partial charge is 0.478 e. The molecule has 0 aromatic carbocycles. The van der Waals surface area contributed by atoms with Crippen LogP contribution in [-0.2, 0) is 6.42 Å². The monoisotopic (exact) mass is 248 g/mol. The smallest absolute Gasteiger partial charge is 0.213 e. The summed E-state index contributed by atoms with van der Waals surface area (Å²) in [5.41, 5.74) is 2.41. The van der Waals surface area contributed by atoms with Crippen LogP contribution in [0.1, 0.15) is 12.5 Å². The van der Waals surface area contributed by atoms with Gasteiger partial charge in [0.15, 0.2) is 0 Å². The lowest BCUT2D eigenvalue weighted by Crippen LogP contribution is -2.04. The van der Waals surface area contributed by atoms with Crippen LogP contribution >= 0.6 is 11.3 Å². The second-order valence-corrected chi connectivity index (χ2v) is 4.41. The number of ether oxygens (including phenoxy) is 1. The van der Waals surface area contributed by atoms with Gasteiger partial charge in [-0.2, -0.15) is 11.3 Å². The van der Waals surface area contributed by atoms with Gasteiger partial charge in [-0.25, -0.2) is 4.98 Å². The molecule has 0 bridgehead atoms. The molecule has 17 heavy (non-hydrogen) atoms. The average molecular weight is 248 g/mol. The van der Waals surface area contributed by atoms with Gasteiger partial charge in [0, 0.05) is 12.6 Å². The number of nitrogens with zero attached hydrogens (tertiary/aromatic N) is 1. The number of hydrogen-bond donors (Lipinski definition) is 1. The summed E-state index contributed by atoms with van der Waals surface area (Å²) in [6.07, 6.45) is 2.84. The van der Waals surface area contributed by atoms with Gasteiger partial charge in [-0.05, 0) is 41.8 Å². The summed E-state index contributed by atoms with van der Waals surface area (Å²) in [6.45, 7) is 3.53. The van der Waals surface area contributed by atoms with Crippen molar-refractivity contribution < 1.29 is 4.74 Å². The van der Waals surface area contributed by atoms with E-state index in [1.165, 1.54) is 5.56 Å². The molecule has 0 atom stereocenters. The van der Waals surface area contributed by atoms with Crippen molar-refractivity contribution in [2.24, 2.45) is 0 Å². The minimum Gasteiger partial charge on any atom is -0.478 e. The van der Waals surface area contributed by atoms with Gasteiger partial charge in [0.25, 0.3) is 0 Å². The predicted molar refractivity (Wildman–Crippen MR) is 71.9 cm³/mol. The second-order valence-electron chi connectivity index (χ2n) is 3.63. The minimum absolute atomic E-state index is 0.651. The van der Waals surface area contributed by atoms with E-state index in [9.17, 15) is 0 Å². The van der Waals surface area contributed by atoms with Crippen molar-refractivity contribution >= 4 is 17.0 Å². The summed E-state index contributed by atoms with van der Waals surface area (Å²) in [5, 5.41) is 7.62. The van der Waals surface area contributed by atoms with Crippen molar-refractivity contribution in [3.63, 3.8) is 0 Å². The Balaban J connectivity index is 1.79. The summed E-state index contributed by atoms with van der Waals surface area (Å²) in [6, 6.07) is 6.03. The first kappa shape index (κ1) is 11.9. The van der Waals surface area contributed by atoms with Gasteiger partial charge in [-0.3, -0.25) is 0 Å². The topological polar surface area (TPSA) is 34.1 Å². The second kappa shape index (κ2) is 6.25. The molecule has 4 heteroatoms. The van der Waals surface area contributed by atoms with Crippen molar-refractivity contribution in [2.75, 3.05) is 18.5 Å². The molecule has 0 saturated carbocycles. The fraction of sp³-hybridized carbons (Fsp3) is 0.308. The fourth-order valence-electron chi connectivity index (χ4n) is 1.50. The Morgan fingerprint density at radius 2 is 2.29 bits per heavy atom. The highest BCUT2D eigenvalue weighted by molar-refractivity contribution is 7.07. The van der Waals surface area contributed by atoms with Crippen LogP contribution in [0.5, 0.6) is 5.88 Å². The van der Waals surface area contributed by atoms with Gasteiger partial charge in [-0.15, -0.1) is 0 Å². The Morgan fingerprint density at radius 3 is 2.94 bits per heavy atom. The van der Waals surface area contributed by atoms with E-state index in [1.54, 1.807) is 17.5 Å². The Hall–Kier alpha value is -1.55. The van der Waals surface area contributed by atoms with Crippen LogP contribution in [0, 0.1) is 0 Å². The molecule has 0 amide bonds. The highest BCUT2D eigenvalue weighted by Gasteiger charge is 1.96.